The van der Waals surface area contributed by atoms with E-state index >= 15 is 0 Å². The average Bonchev–Trinajstić information content (AvgIpc) is 2.54. The van der Waals surface area contributed by atoms with Crippen LogP contribution in [0.2, 0.25) is 0 Å². The van der Waals surface area contributed by atoms with Crippen LogP contribution in [-0.4, -0.2) is 47.7 Å². The summed E-state index contributed by atoms with van der Waals surface area (Å²) in [6, 6.07) is 0. The van der Waals surface area contributed by atoms with Gasteiger partial charge in [0.1, 0.15) is 4.90 Å². The number of H-pyrrole nitrogens is 1. The van der Waals surface area contributed by atoms with Crippen molar-refractivity contribution >= 4 is 10.0 Å². The van der Waals surface area contributed by atoms with Crippen molar-refractivity contribution in [3.05, 3.63) is 12.4 Å². The van der Waals surface area contributed by atoms with Gasteiger partial charge in [-0.15, -0.1) is 0 Å². The van der Waals surface area contributed by atoms with E-state index in [2.05, 4.69) is 10.2 Å². The number of likely N-dealkylation sites (N-methyl/N-ethyl adjacent to an activating group) is 1. The normalized spacial score (nSPS) is 14.6. The van der Waals surface area contributed by atoms with Gasteiger partial charge in [0.25, 0.3) is 0 Å². The monoisotopic (exact) mass is 219 g/mol. The number of nitrogens with zero attached hydrogens (tertiary/aromatic N) is 2. The molecule has 2 N–H and O–H groups in total. The molecule has 0 radical (unpaired) electrons. The van der Waals surface area contributed by atoms with E-state index in [-0.39, 0.29) is 11.4 Å². The number of rotatable bonds is 4. The van der Waals surface area contributed by atoms with E-state index in [1.807, 2.05) is 0 Å². The SMILES string of the molecule is CC(O)CN(C)S(=O)(=O)c1cn[nH]c1. The predicted octanol–water partition coefficient (Wildman–Crippen LogP) is -0.589. The summed E-state index contributed by atoms with van der Waals surface area (Å²) < 4.78 is 24.5. The maximum Gasteiger partial charge on any atom is 0.246 e. The number of sulfonamides is 1. The Kier molecular flexibility index (Phi) is 3.25. The van der Waals surface area contributed by atoms with Crippen LogP contribution in [0, 0.1) is 0 Å². The third-order valence-electron chi connectivity index (χ3n) is 1.70. The highest BCUT2D eigenvalue weighted by atomic mass is 32.2. The van der Waals surface area contributed by atoms with E-state index in [1.165, 1.54) is 26.4 Å². The van der Waals surface area contributed by atoms with Gasteiger partial charge in [-0.1, -0.05) is 0 Å². The second-order valence-corrected chi connectivity index (χ2v) is 5.11. The fourth-order valence-electron chi connectivity index (χ4n) is 1.03. The largest absolute Gasteiger partial charge is 0.392 e. The summed E-state index contributed by atoms with van der Waals surface area (Å²) in [5.41, 5.74) is 0. The number of aliphatic hydroxyl groups is 1. The van der Waals surface area contributed by atoms with E-state index < -0.39 is 16.1 Å². The minimum Gasteiger partial charge on any atom is -0.392 e. The molecule has 0 bridgehead atoms. The number of aliphatic hydroxyl groups excluding tert-OH is 1. The molecule has 1 atom stereocenters. The Balaban J connectivity index is 2.86. The van der Waals surface area contributed by atoms with Crippen molar-refractivity contribution in [2.24, 2.45) is 0 Å². The van der Waals surface area contributed by atoms with Gasteiger partial charge in [0.05, 0.1) is 12.3 Å². The van der Waals surface area contributed by atoms with Gasteiger partial charge in [0.15, 0.2) is 0 Å². The molecule has 0 aliphatic rings. The molecule has 1 aromatic rings. The van der Waals surface area contributed by atoms with Gasteiger partial charge in [-0.25, -0.2) is 8.42 Å². The third kappa shape index (κ3) is 2.31. The fraction of sp³-hybridized carbons (Fsp3) is 0.571. The minimum atomic E-state index is -3.51. The second-order valence-electron chi connectivity index (χ2n) is 3.07. The first kappa shape index (κ1) is 11.2. The van der Waals surface area contributed by atoms with E-state index in [0.717, 1.165) is 4.31 Å². The zero-order chi connectivity index (χ0) is 10.8. The lowest BCUT2D eigenvalue weighted by Gasteiger charge is -2.17. The lowest BCUT2D eigenvalue weighted by Crippen LogP contribution is -2.32. The lowest BCUT2D eigenvalue weighted by atomic mass is 10.4. The maximum atomic E-state index is 11.7. The Hall–Kier alpha value is -0.920. The van der Waals surface area contributed by atoms with Crippen LogP contribution in [0.5, 0.6) is 0 Å². The molecular formula is C7H13N3O3S. The van der Waals surface area contributed by atoms with E-state index in [1.54, 1.807) is 0 Å². The van der Waals surface area contributed by atoms with Crippen molar-refractivity contribution in [3.8, 4) is 0 Å². The van der Waals surface area contributed by atoms with Crippen LogP contribution in [0.25, 0.3) is 0 Å². The number of hydrogen-bond donors (Lipinski definition) is 2. The van der Waals surface area contributed by atoms with Crippen LogP contribution in [-0.2, 0) is 10.0 Å². The zero-order valence-corrected chi connectivity index (χ0v) is 8.82. The summed E-state index contributed by atoms with van der Waals surface area (Å²) in [6.45, 7) is 1.59. The molecule has 0 aliphatic heterocycles. The molecular weight excluding hydrogens is 206 g/mol. The molecule has 6 nitrogen and oxygen atoms in total. The average molecular weight is 219 g/mol. The molecule has 0 saturated heterocycles. The molecule has 0 aromatic carbocycles. The van der Waals surface area contributed by atoms with Crippen LogP contribution in [0.3, 0.4) is 0 Å². The fourth-order valence-corrected chi connectivity index (χ4v) is 2.19. The Morgan fingerprint density at radius 3 is 2.79 bits per heavy atom. The Labute approximate surface area is 82.6 Å². The first-order chi connectivity index (χ1) is 6.44. The standard InChI is InChI=1S/C7H13N3O3S/c1-6(11)5-10(2)14(12,13)7-3-8-9-4-7/h3-4,6,11H,5H2,1-2H3,(H,8,9). The van der Waals surface area contributed by atoms with Gasteiger partial charge in [0, 0.05) is 19.8 Å². The molecule has 1 unspecified atom stereocenters. The van der Waals surface area contributed by atoms with Crippen molar-refractivity contribution in [2.75, 3.05) is 13.6 Å². The molecule has 1 heterocycles. The maximum absolute atomic E-state index is 11.7. The molecule has 0 fully saturated rings. The van der Waals surface area contributed by atoms with E-state index in [9.17, 15) is 8.42 Å². The van der Waals surface area contributed by atoms with Gasteiger partial charge in [-0.05, 0) is 6.92 Å². The first-order valence-electron chi connectivity index (χ1n) is 4.08. The summed E-state index contributed by atoms with van der Waals surface area (Å²) >= 11 is 0. The minimum absolute atomic E-state index is 0.0630. The van der Waals surface area contributed by atoms with E-state index in [4.69, 9.17) is 5.11 Å². The molecule has 7 heteroatoms. The van der Waals surface area contributed by atoms with Gasteiger partial charge in [-0.3, -0.25) is 5.10 Å². The van der Waals surface area contributed by atoms with Crippen LogP contribution in [0.15, 0.2) is 17.3 Å². The summed E-state index contributed by atoms with van der Waals surface area (Å²) in [5.74, 6) is 0. The Morgan fingerprint density at radius 1 is 1.71 bits per heavy atom. The Morgan fingerprint density at radius 2 is 2.36 bits per heavy atom. The molecule has 0 aliphatic carbocycles. The molecule has 80 valence electrons. The van der Waals surface area contributed by atoms with Gasteiger partial charge < -0.3 is 5.11 Å². The summed E-state index contributed by atoms with van der Waals surface area (Å²) in [6.07, 6.45) is 1.84. The van der Waals surface area contributed by atoms with Crippen molar-refractivity contribution in [3.63, 3.8) is 0 Å². The van der Waals surface area contributed by atoms with Crippen LogP contribution in [0.4, 0.5) is 0 Å². The molecule has 0 amide bonds. The topological polar surface area (TPSA) is 86.3 Å². The predicted molar refractivity (Wildman–Crippen MR) is 50.1 cm³/mol. The number of aromatic nitrogens is 2. The molecule has 14 heavy (non-hydrogen) atoms. The summed E-state index contributed by atoms with van der Waals surface area (Å²) in [4.78, 5) is 0.0978. The number of nitrogens with one attached hydrogen (secondary N) is 1. The van der Waals surface area contributed by atoms with E-state index in [0.29, 0.717) is 0 Å². The molecule has 1 aromatic heterocycles. The first-order valence-corrected chi connectivity index (χ1v) is 5.52. The number of hydrogen-bond acceptors (Lipinski definition) is 4. The lowest BCUT2D eigenvalue weighted by molar-refractivity contribution is 0.171. The van der Waals surface area contributed by atoms with Crippen molar-refractivity contribution in [2.45, 2.75) is 17.9 Å². The third-order valence-corrected chi connectivity index (χ3v) is 3.49. The zero-order valence-electron chi connectivity index (χ0n) is 8.01. The number of aromatic amines is 1. The quantitative estimate of drug-likeness (QED) is 0.708. The molecule has 0 spiro atoms. The second kappa shape index (κ2) is 4.07. The smallest absolute Gasteiger partial charge is 0.246 e. The van der Waals surface area contributed by atoms with Gasteiger partial charge >= 0.3 is 0 Å². The highest BCUT2D eigenvalue weighted by Crippen LogP contribution is 2.11. The van der Waals surface area contributed by atoms with Crippen LogP contribution >= 0.6 is 0 Å². The van der Waals surface area contributed by atoms with Gasteiger partial charge in [0.2, 0.25) is 10.0 Å². The summed E-state index contributed by atoms with van der Waals surface area (Å²) in [5, 5.41) is 15.0. The highest BCUT2D eigenvalue weighted by Gasteiger charge is 2.22. The van der Waals surface area contributed by atoms with Crippen molar-refractivity contribution in [1.82, 2.24) is 14.5 Å². The summed E-state index contributed by atoms with van der Waals surface area (Å²) in [7, 11) is -2.10. The Bertz CT molecular complexity index is 371. The van der Waals surface area contributed by atoms with Crippen LogP contribution < -0.4 is 0 Å². The van der Waals surface area contributed by atoms with Crippen molar-refractivity contribution in [1.29, 1.82) is 0 Å². The molecule has 1 rings (SSSR count). The van der Waals surface area contributed by atoms with Crippen molar-refractivity contribution < 1.29 is 13.5 Å². The van der Waals surface area contributed by atoms with Crippen LogP contribution in [0.1, 0.15) is 6.92 Å². The van der Waals surface area contributed by atoms with Gasteiger partial charge in [-0.2, -0.15) is 9.40 Å². The molecule has 0 saturated carbocycles. The highest BCUT2D eigenvalue weighted by molar-refractivity contribution is 7.89.